The molecule has 156 valence electrons. The third kappa shape index (κ3) is 4.84. The van der Waals surface area contributed by atoms with Crippen molar-refractivity contribution in [2.24, 2.45) is 0 Å². The standard InChI is InChI=1S/C22H21N7O2/c1-14-5-3-7-17(11-14)25-22(31)26-18-8-4-6-16(12-18)13-24-20(30)19-27-21-23-10-9-15(2)29(21)28-19/h3-12H,13H2,1-2H3,(H,24,30)(H2,25,26,31). The summed E-state index contributed by atoms with van der Waals surface area (Å²) >= 11 is 0. The van der Waals surface area contributed by atoms with E-state index in [2.05, 4.69) is 31.0 Å². The Bertz CT molecular complexity index is 1270. The lowest BCUT2D eigenvalue weighted by molar-refractivity contribution is 0.0940. The van der Waals surface area contributed by atoms with E-state index in [9.17, 15) is 9.59 Å². The Kier molecular flexibility index (Phi) is 5.57. The molecule has 4 aromatic rings. The summed E-state index contributed by atoms with van der Waals surface area (Å²) in [6.45, 7) is 4.08. The normalized spacial score (nSPS) is 10.6. The van der Waals surface area contributed by atoms with Crippen molar-refractivity contribution in [3.05, 3.63) is 83.4 Å². The number of rotatable bonds is 5. The molecule has 0 saturated heterocycles. The van der Waals surface area contributed by atoms with Crippen LogP contribution in [0.4, 0.5) is 16.2 Å². The summed E-state index contributed by atoms with van der Waals surface area (Å²) in [6, 6.07) is 16.2. The van der Waals surface area contributed by atoms with E-state index in [1.165, 1.54) is 4.52 Å². The number of amides is 3. The molecule has 9 nitrogen and oxygen atoms in total. The fraction of sp³-hybridized carbons (Fsp3) is 0.136. The number of fused-ring (bicyclic) bond motifs is 1. The highest BCUT2D eigenvalue weighted by molar-refractivity contribution is 5.99. The fourth-order valence-corrected chi connectivity index (χ4v) is 3.04. The molecule has 0 bridgehead atoms. The average molecular weight is 415 g/mol. The number of hydrogen-bond donors (Lipinski definition) is 3. The van der Waals surface area contributed by atoms with E-state index in [-0.39, 0.29) is 18.4 Å². The van der Waals surface area contributed by atoms with Gasteiger partial charge in [-0.3, -0.25) is 4.79 Å². The van der Waals surface area contributed by atoms with Gasteiger partial charge >= 0.3 is 6.03 Å². The molecule has 0 unspecified atom stereocenters. The second kappa shape index (κ2) is 8.62. The summed E-state index contributed by atoms with van der Waals surface area (Å²) in [5, 5.41) is 12.6. The fourth-order valence-electron chi connectivity index (χ4n) is 3.04. The van der Waals surface area contributed by atoms with Gasteiger partial charge in [0, 0.05) is 29.8 Å². The maximum atomic E-state index is 12.4. The zero-order valence-electron chi connectivity index (χ0n) is 17.1. The Hall–Kier alpha value is -4.27. The van der Waals surface area contributed by atoms with E-state index in [0.717, 1.165) is 16.8 Å². The van der Waals surface area contributed by atoms with Gasteiger partial charge in [0.1, 0.15) is 0 Å². The van der Waals surface area contributed by atoms with Gasteiger partial charge in [-0.25, -0.2) is 14.3 Å². The molecule has 0 saturated carbocycles. The van der Waals surface area contributed by atoms with E-state index >= 15 is 0 Å². The number of hydrogen-bond acceptors (Lipinski definition) is 5. The van der Waals surface area contributed by atoms with Gasteiger partial charge in [0.2, 0.25) is 5.82 Å². The summed E-state index contributed by atoms with van der Waals surface area (Å²) < 4.78 is 1.52. The molecule has 0 radical (unpaired) electrons. The van der Waals surface area contributed by atoms with Crippen LogP contribution in [-0.2, 0) is 6.54 Å². The van der Waals surface area contributed by atoms with E-state index in [4.69, 9.17) is 0 Å². The molecule has 0 aliphatic rings. The largest absolute Gasteiger partial charge is 0.345 e. The minimum absolute atomic E-state index is 0.0496. The molecule has 3 amide bonds. The highest BCUT2D eigenvalue weighted by atomic mass is 16.2. The number of nitrogens with one attached hydrogen (secondary N) is 3. The highest BCUT2D eigenvalue weighted by Gasteiger charge is 2.14. The smallest absolute Gasteiger partial charge is 0.323 e. The van der Waals surface area contributed by atoms with Crippen molar-refractivity contribution in [2.75, 3.05) is 10.6 Å². The third-order valence-corrected chi connectivity index (χ3v) is 4.55. The number of aromatic nitrogens is 4. The van der Waals surface area contributed by atoms with Gasteiger partial charge in [-0.05, 0) is 55.3 Å². The zero-order valence-corrected chi connectivity index (χ0v) is 17.1. The predicted molar refractivity (Wildman–Crippen MR) is 117 cm³/mol. The average Bonchev–Trinajstić information content (AvgIpc) is 3.18. The number of anilines is 2. The molecule has 9 heteroatoms. The van der Waals surface area contributed by atoms with Crippen LogP contribution in [0.15, 0.2) is 60.8 Å². The van der Waals surface area contributed by atoms with Crippen LogP contribution in [0.1, 0.15) is 27.4 Å². The van der Waals surface area contributed by atoms with Gasteiger partial charge in [-0.2, -0.15) is 4.98 Å². The Morgan fingerprint density at radius 2 is 1.71 bits per heavy atom. The molecule has 0 fully saturated rings. The number of benzene rings is 2. The van der Waals surface area contributed by atoms with Gasteiger partial charge in [0.05, 0.1) is 0 Å². The summed E-state index contributed by atoms with van der Waals surface area (Å²) in [5.41, 5.74) is 4.04. The molecule has 4 rings (SSSR count). The van der Waals surface area contributed by atoms with E-state index in [1.807, 2.05) is 44.2 Å². The Labute approximate surface area is 178 Å². The Balaban J connectivity index is 1.37. The van der Waals surface area contributed by atoms with Crippen molar-refractivity contribution in [2.45, 2.75) is 20.4 Å². The Morgan fingerprint density at radius 3 is 2.45 bits per heavy atom. The van der Waals surface area contributed by atoms with Crippen molar-refractivity contribution in [3.63, 3.8) is 0 Å². The zero-order chi connectivity index (χ0) is 21.8. The van der Waals surface area contributed by atoms with Crippen LogP contribution >= 0.6 is 0 Å². The maximum Gasteiger partial charge on any atom is 0.323 e. The summed E-state index contributed by atoms with van der Waals surface area (Å²) in [6.07, 6.45) is 1.62. The van der Waals surface area contributed by atoms with Crippen LogP contribution < -0.4 is 16.0 Å². The number of carbonyl (C=O) groups excluding carboxylic acids is 2. The number of nitrogens with zero attached hydrogens (tertiary/aromatic N) is 4. The van der Waals surface area contributed by atoms with Crippen molar-refractivity contribution in [1.29, 1.82) is 0 Å². The van der Waals surface area contributed by atoms with Crippen molar-refractivity contribution >= 4 is 29.1 Å². The maximum absolute atomic E-state index is 12.4. The lowest BCUT2D eigenvalue weighted by Crippen LogP contribution is -2.24. The summed E-state index contributed by atoms with van der Waals surface area (Å²) in [5.74, 6) is 0.0186. The van der Waals surface area contributed by atoms with Crippen molar-refractivity contribution < 1.29 is 9.59 Å². The van der Waals surface area contributed by atoms with E-state index in [0.29, 0.717) is 17.2 Å². The molecule has 2 heterocycles. The van der Waals surface area contributed by atoms with Crippen LogP contribution in [0.3, 0.4) is 0 Å². The molecule has 0 aliphatic carbocycles. The SMILES string of the molecule is Cc1cccc(NC(=O)Nc2cccc(CNC(=O)c3nc4nccc(C)n4n3)c2)c1. The third-order valence-electron chi connectivity index (χ3n) is 4.55. The van der Waals surface area contributed by atoms with Gasteiger partial charge < -0.3 is 16.0 Å². The second-order valence-electron chi connectivity index (χ2n) is 7.07. The van der Waals surface area contributed by atoms with Gasteiger partial charge in [-0.15, -0.1) is 5.10 Å². The molecule has 2 aromatic carbocycles. The molecular formula is C22H21N7O2. The van der Waals surface area contributed by atoms with Crippen LogP contribution in [0.25, 0.3) is 5.78 Å². The number of carbonyl (C=O) groups is 2. The molecular weight excluding hydrogens is 394 g/mol. The van der Waals surface area contributed by atoms with Crippen LogP contribution in [-0.4, -0.2) is 31.5 Å². The lowest BCUT2D eigenvalue weighted by Gasteiger charge is -2.10. The first-order valence-electron chi connectivity index (χ1n) is 9.68. The van der Waals surface area contributed by atoms with Crippen molar-refractivity contribution in [3.8, 4) is 0 Å². The van der Waals surface area contributed by atoms with E-state index in [1.54, 1.807) is 30.5 Å². The first-order valence-corrected chi connectivity index (χ1v) is 9.68. The van der Waals surface area contributed by atoms with E-state index < -0.39 is 5.91 Å². The molecule has 0 aliphatic heterocycles. The predicted octanol–water partition coefficient (Wildman–Crippen LogP) is 3.32. The summed E-state index contributed by atoms with van der Waals surface area (Å²) in [7, 11) is 0. The molecule has 2 aromatic heterocycles. The monoisotopic (exact) mass is 415 g/mol. The van der Waals surface area contributed by atoms with Gasteiger partial charge in [-0.1, -0.05) is 24.3 Å². The number of urea groups is 1. The summed E-state index contributed by atoms with van der Waals surface area (Å²) in [4.78, 5) is 32.9. The lowest BCUT2D eigenvalue weighted by atomic mass is 10.2. The first-order chi connectivity index (χ1) is 15.0. The topological polar surface area (TPSA) is 113 Å². The molecule has 0 atom stereocenters. The molecule has 0 spiro atoms. The van der Waals surface area contributed by atoms with Gasteiger partial charge in [0.25, 0.3) is 11.7 Å². The molecule has 31 heavy (non-hydrogen) atoms. The molecule has 3 N–H and O–H groups in total. The van der Waals surface area contributed by atoms with Gasteiger partial charge in [0.15, 0.2) is 0 Å². The number of aryl methyl sites for hydroxylation is 2. The second-order valence-corrected chi connectivity index (χ2v) is 7.07. The highest BCUT2D eigenvalue weighted by Crippen LogP contribution is 2.13. The minimum atomic E-state index is -0.402. The minimum Gasteiger partial charge on any atom is -0.345 e. The van der Waals surface area contributed by atoms with Crippen LogP contribution in [0.2, 0.25) is 0 Å². The Morgan fingerprint density at radius 1 is 0.968 bits per heavy atom. The van der Waals surface area contributed by atoms with Crippen LogP contribution in [0, 0.1) is 13.8 Å². The quantitative estimate of drug-likeness (QED) is 0.463. The van der Waals surface area contributed by atoms with Crippen molar-refractivity contribution in [1.82, 2.24) is 24.9 Å². The van der Waals surface area contributed by atoms with Crippen LogP contribution in [0.5, 0.6) is 0 Å². The first kappa shape index (κ1) is 20.0.